The third-order valence-electron chi connectivity index (χ3n) is 10.9. The third-order valence-corrected chi connectivity index (χ3v) is 10.9. The van der Waals surface area contributed by atoms with Gasteiger partial charge in [0.1, 0.15) is 5.60 Å². The lowest BCUT2D eigenvalue weighted by molar-refractivity contribution is -0.174. The van der Waals surface area contributed by atoms with Gasteiger partial charge in [0, 0.05) is 6.42 Å². The van der Waals surface area contributed by atoms with Gasteiger partial charge >= 0.3 is 5.97 Å². The van der Waals surface area contributed by atoms with Gasteiger partial charge in [0.25, 0.3) is 0 Å². The first-order chi connectivity index (χ1) is 15.3. The Morgan fingerprint density at radius 3 is 2.36 bits per heavy atom. The lowest BCUT2D eigenvalue weighted by Gasteiger charge is -2.62. The van der Waals surface area contributed by atoms with Crippen LogP contribution in [0.1, 0.15) is 112 Å². The van der Waals surface area contributed by atoms with Crippen molar-refractivity contribution in [1.29, 1.82) is 0 Å². The minimum absolute atomic E-state index is 0.0727. The van der Waals surface area contributed by atoms with Crippen molar-refractivity contribution < 1.29 is 19.7 Å². The van der Waals surface area contributed by atoms with Crippen molar-refractivity contribution in [2.45, 2.75) is 130 Å². The van der Waals surface area contributed by atoms with Gasteiger partial charge in [0.05, 0.1) is 12.2 Å². The van der Waals surface area contributed by atoms with E-state index in [0.29, 0.717) is 52.8 Å². The molecule has 33 heavy (non-hydrogen) atoms. The number of aliphatic hydroxyl groups is 2. The number of carbonyl (C=O) groups is 1. The van der Waals surface area contributed by atoms with E-state index in [2.05, 4.69) is 20.8 Å². The highest BCUT2D eigenvalue weighted by molar-refractivity contribution is 5.69. The van der Waals surface area contributed by atoms with Crippen molar-refractivity contribution >= 4 is 5.97 Å². The van der Waals surface area contributed by atoms with Crippen molar-refractivity contribution in [1.82, 2.24) is 0 Å². The number of rotatable bonds is 5. The topological polar surface area (TPSA) is 66.8 Å². The molecule has 0 bridgehead atoms. The molecule has 0 saturated heterocycles. The highest BCUT2D eigenvalue weighted by Crippen LogP contribution is 2.68. The Morgan fingerprint density at radius 1 is 1.00 bits per heavy atom. The zero-order chi connectivity index (χ0) is 24.2. The summed E-state index contributed by atoms with van der Waals surface area (Å²) in [6.07, 6.45) is 11.0. The van der Waals surface area contributed by atoms with Gasteiger partial charge in [0.15, 0.2) is 0 Å². The van der Waals surface area contributed by atoms with Crippen molar-refractivity contribution in [3.63, 3.8) is 0 Å². The van der Waals surface area contributed by atoms with Crippen molar-refractivity contribution in [3.8, 4) is 0 Å². The lowest BCUT2D eigenvalue weighted by atomic mass is 9.43. The van der Waals surface area contributed by atoms with Gasteiger partial charge in [-0.15, -0.1) is 0 Å². The SMILES string of the molecule is C[C@H](CCCC(=O)OC(C)(C)C)[C@H]1CC[C@H]2[C@@H]3[C@@H](O)C[C@@H]4C[C@H](O)CC[C@]4(C)[C@H]3CC[C@]12C. The molecule has 0 amide bonds. The summed E-state index contributed by atoms with van der Waals surface area (Å²) in [5, 5.41) is 21.7. The van der Waals surface area contributed by atoms with Crippen molar-refractivity contribution in [3.05, 3.63) is 0 Å². The van der Waals surface area contributed by atoms with Crippen LogP contribution in [0.25, 0.3) is 0 Å². The molecule has 0 aromatic heterocycles. The molecular weight excluding hydrogens is 412 g/mol. The summed E-state index contributed by atoms with van der Waals surface area (Å²) in [6.45, 7) is 13.2. The average molecular weight is 463 g/mol. The smallest absolute Gasteiger partial charge is 0.306 e. The molecule has 0 aromatic carbocycles. The fourth-order valence-corrected chi connectivity index (χ4v) is 9.34. The molecule has 190 valence electrons. The van der Waals surface area contributed by atoms with Gasteiger partial charge < -0.3 is 14.9 Å². The second-order valence-electron chi connectivity index (χ2n) is 13.9. The second-order valence-corrected chi connectivity index (χ2v) is 13.9. The molecule has 2 N–H and O–H groups in total. The zero-order valence-corrected chi connectivity index (χ0v) is 22.1. The van der Waals surface area contributed by atoms with E-state index in [9.17, 15) is 15.0 Å². The first kappa shape index (κ1) is 25.5. The Labute approximate surface area is 202 Å². The summed E-state index contributed by atoms with van der Waals surface area (Å²) >= 11 is 0. The molecule has 10 atom stereocenters. The van der Waals surface area contributed by atoms with E-state index in [1.165, 1.54) is 25.7 Å². The number of ether oxygens (including phenoxy) is 1. The first-order valence-corrected chi connectivity index (χ1v) is 13.9. The highest BCUT2D eigenvalue weighted by Gasteiger charge is 2.62. The molecule has 0 aliphatic heterocycles. The van der Waals surface area contributed by atoms with Crippen LogP contribution in [-0.2, 0) is 9.53 Å². The highest BCUT2D eigenvalue weighted by atomic mass is 16.6. The molecule has 0 unspecified atom stereocenters. The maximum absolute atomic E-state index is 12.1. The van der Waals surface area contributed by atoms with E-state index >= 15 is 0 Å². The number of hydrogen-bond acceptors (Lipinski definition) is 4. The van der Waals surface area contributed by atoms with E-state index < -0.39 is 5.60 Å². The molecule has 4 aliphatic carbocycles. The molecule has 0 heterocycles. The Bertz CT molecular complexity index is 713. The molecule has 4 saturated carbocycles. The van der Waals surface area contributed by atoms with E-state index in [-0.39, 0.29) is 18.2 Å². The summed E-state index contributed by atoms with van der Waals surface area (Å²) in [7, 11) is 0. The predicted octanol–water partition coefficient (Wildman–Crippen LogP) is 6.13. The lowest BCUT2D eigenvalue weighted by Crippen LogP contribution is -2.58. The molecule has 0 radical (unpaired) electrons. The number of fused-ring (bicyclic) bond motifs is 5. The van der Waals surface area contributed by atoms with Gasteiger partial charge in [-0.25, -0.2) is 0 Å². The van der Waals surface area contributed by atoms with Crippen LogP contribution in [0.4, 0.5) is 0 Å². The molecule has 4 aliphatic rings. The summed E-state index contributed by atoms with van der Waals surface area (Å²) in [4.78, 5) is 12.1. The van der Waals surface area contributed by atoms with Gasteiger partial charge in [-0.2, -0.15) is 0 Å². The van der Waals surface area contributed by atoms with E-state index in [4.69, 9.17) is 4.74 Å². The van der Waals surface area contributed by atoms with E-state index in [1.807, 2.05) is 20.8 Å². The fourth-order valence-electron chi connectivity index (χ4n) is 9.34. The van der Waals surface area contributed by atoms with Crippen LogP contribution < -0.4 is 0 Å². The van der Waals surface area contributed by atoms with Gasteiger partial charge in [-0.1, -0.05) is 20.8 Å². The minimum atomic E-state index is -0.402. The molecule has 4 rings (SSSR count). The Kier molecular flexibility index (Phi) is 7.04. The van der Waals surface area contributed by atoms with Crippen LogP contribution in [0.3, 0.4) is 0 Å². The molecule has 4 heteroatoms. The number of aliphatic hydroxyl groups excluding tert-OH is 2. The maximum Gasteiger partial charge on any atom is 0.306 e. The Balaban J connectivity index is 1.41. The minimum Gasteiger partial charge on any atom is -0.460 e. The third kappa shape index (κ3) is 4.77. The molecular formula is C29H50O4. The van der Waals surface area contributed by atoms with Crippen molar-refractivity contribution in [2.24, 2.45) is 46.3 Å². The quantitative estimate of drug-likeness (QED) is 0.483. The van der Waals surface area contributed by atoms with Crippen LogP contribution in [-0.4, -0.2) is 34.0 Å². The Morgan fingerprint density at radius 2 is 1.67 bits per heavy atom. The zero-order valence-electron chi connectivity index (χ0n) is 22.1. The number of esters is 1. The van der Waals surface area contributed by atoms with Crippen molar-refractivity contribution in [2.75, 3.05) is 0 Å². The average Bonchev–Trinajstić information content (AvgIpc) is 3.05. The predicted molar refractivity (Wildman–Crippen MR) is 131 cm³/mol. The molecule has 4 nitrogen and oxygen atoms in total. The summed E-state index contributed by atoms with van der Waals surface area (Å²) in [6, 6.07) is 0. The molecule has 0 aromatic rings. The maximum atomic E-state index is 12.1. The number of hydrogen-bond donors (Lipinski definition) is 2. The summed E-state index contributed by atoms with van der Waals surface area (Å²) < 4.78 is 5.50. The van der Waals surface area contributed by atoms with Gasteiger partial charge in [0.2, 0.25) is 0 Å². The van der Waals surface area contributed by atoms with Crippen LogP contribution in [0.5, 0.6) is 0 Å². The second kappa shape index (κ2) is 9.12. The number of carbonyl (C=O) groups excluding carboxylic acids is 1. The van der Waals surface area contributed by atoms with Gasteiger partial charge in [-0.3, -0.25) is 4.79 Å². The normalized spacial score (nSPS) is 46.1. The molecule has 0 spiro atoms. The van der Waals surface area contributed by atoms with Crippen LogP contribution in [0, 0.1) is 46.3 Å². The van der Waals surface area contributed by atoms with Crippen LogP contribution in [0.15, 0.2) is 0 Å². The summed E-state index contributed by atoms with van der Waals surface area (Å²) in [5.74, 6) is 3.36. The standard InChI is InChI=1S/C29H50O4/c1-18(8-7-9-25(32)33-27(2,3)4)21-10-11-22-26-23(13-15-29(21,22)6)28(5)14-12-20(30)16-19(28)17-24(26)31/h18-24,26,30-31H,7-17H2,1-6H3/t18-,19+,20-,21-,22+,23+,24+,26+,28+,29-/m1/s1. The fraction of sp³-hybridized carbons (Fsp3) is 0.966. The largest absolute Gasteiger partial charge is 0.460 e. The van der Waals surface area contributed by atoms with E-state index in [1.54, 1.807) is 0 Å². The van der Waals surface area contributed by atoms with Crippen LogP contribution in [0.2, 0.25) is 0 Å². The first-order valence-electron chi connectivity index (χ1n) is 13.9. The Hall–Kier alpha value is -0.610. The van der Waals surface area contributed by atoms with Gasteiger partial charge in [-0.05, 0) is 131 Å². The molecule has 4 fully saturated rings. The summed E-state index contributed by atoms with van der Waals surface area (Å²) in [5.41, 5.74) is 0.201. The van der Waals surface area contributed by atoms with Crippen LogP contribution >= 0.6 is 0 Å². The van der Waals surface area contributed by atoms with E-state index in [0.717, 1.165) is 38.5 Å². The monoisotopic (exact) mass is 462 g/mol.